The van der Waals surface area contributed by atoms with Crippen molar-refractivity contribution in [1.29, 1.82) is 0 Å². The van der Waals surface area contributed by atoms with Crippen LogP contribution in [0.1, 0.15) is 41.6 Å². The van der Waals surface area contributed by atoms with E-state index in [2.05, 4.69) is 22.9 Å². The Morgan fingerprint density at radius 3 is 2.56 bits per heavy atom. The van der Waals surface area contributed by atoms with E-state index in [0.29, 0.717) is 32.2 Å². The van der Waals surface area contributed by atoms with Crippen molar-refractivity contribution in [2.24, 2.45) is 0 Å². The number of piperidine rings is 1. The Hall–Kier alpha value is -3.36. The molecular formula is C26H30N2O6. The molecule has 4 rings (SSSR count). The minimum Gasteiger partial charge on any atom is -0.478 e. The van der Waals surface area contributed by atoms with Crippen LogP contribution in [0, 0.1) is 0 Å². The summed E-state index contributed by atoms with van der Waals surface area (Å²) < 4.78 is 13.5. The molecule has 2 aromatic carbocycles. The number of rotatable bonds is 10. The van der Waals surface area contributed by atoms with Crippen LogP contribution in [0.3, 0.4) is 0 Å². The van der Waals surface area contributed by atoms with Crippen LogP contribution in [0.2, 0.25) is 0 Å². The van der Waals surface area contributed by atoms with E-state index in [4.69, 9.17) is 9.47 Å². The average molecular weight is 467 g/mol. The molecule has 180 valence electrons. The van der Waals surface area contributed by atoms with Gasteiger partial charge in [0.15, 0.2) is 0 Å². The maximum absolute atomic E-state index is 12.0. The van der Waals surface area contributed by atoms with E-state index in [1.54, 1.807) is 17.0 Å². The van der Waals surface area contributed by atoms with Gasteiger partial charge in [-0.3, -0.25) is 4.90 Å². The predicted octanol–water partition coefficient (Wildman–Crippen LogP) is 4.05. The molecule has 3 aromatic rings. The molecule has 1 saturated heterocycles. The van der Waals surface area contributed by atoms with Gasteiger partial charge in [0.1, 0.15) is 5.75 Å². The first kappa shape index (κ1) is 23.8. The SMILES string of the molecule is CCOCCn1cc(C2CCN(C(Oc3cccc(C(=O)O)c3)C(=O)O)CC2)c2ccccc21. The smallest absolute Gasteiger partial charge is 0.360 e. The third-order valence-electron chi connectivity index (χ3n) is 6.34. The number of carboxylic acid groups (broad SMARTS) is 2. The Morgan fingerprint density at radius 2 is 1.85 bits per heavy atom. The van der Waals surface area contributed by atoms with E-state index < -0.39 is 18.2 Å². The van der Waals surface area contributed by atoms with E-state index >= 15 is 0 Å². The van der Waals surface area contributed by atoms with Gasteiger partial charge in [-0.15, -0.1) is 0 Å². The summed E-state index contributed by atoms with van der Waals surface area (Å²) in [5, 5.41) is 20.2. The van der Waals surface area contributed by atoms with Gasteiger partial charge < -0.3 is 24.3 Å². The number of aliphatic carboxylic acids is 1. The van der Waals surface area contributed by atoms with Crippen LogP contribution in [0.25, 0.3) is 10.9 Å². The second-order valence-electron chi connectivity index (χ2n) is 8.44. The number of carboxylic acids is 2. The monoisotopic (exact) mass is 466 g/mol. The van der Waals surface area contributed by atoms with Crippen molar-refractivity contribution in [3.8, 4) is 5.75 Å². The van der Waals surface area contributed by atoms with Gasteiger partial charge in [0.25, 0.3) is 6.23 Å². The quantitative estimate of drug-likeness (QED) is 0.435. The topological polar surface area (TPSA) is 101 Å². The highest BCUT2D eigenvalue weighted by Crippen LogP contribution is 2.35. The summed E-state index contributed by atoms with van der Waals surface area (Å²) >= 11 is 0. The Bertz CT molecular complexity index is 1150. The molecule has 2 heterocycles. The van der Waals surface area contributed by atoms with Gasteiger partial charge >= 0.3 is 11.9 Å². The minimum absolute atomic E-state index is 0.0565. The molecule has 1 aliphatic heterocycles. The van der Waals surface area contributed by atoms with Gasteiger partial charge in [-0.2, -0.15) is 0 Å². The molecule has 34 heavy (non-hydrogen) atoms. The summed E-state index contributed by atoms with van der Waals surface area (Å²) in [5.74, 6) is -1.63. The molecule has 1 aliphatic rings. The van der Waals surface area contributed by atoms with Crippen LogP contribution in [-0.4, -0.2) is 64.1 Å². The number of para-hydroxylation sites is 1. The standard InChI is InChI=1S/C26H30N2O6/c1-2-33-15-14-28-17-22(21-8-3-4-9-23(21)28)18-10-12-27(13-11-18)24(26(31)32)34-20-7-5-6-19(16-20)25(29)30/h3-9,16-18,24H,2,10-15H2,1H3,(H,29,30)(H,31,32). The lowest BCUT2D eigenvalue weighted by Crippen LogP contribution is -2.48. The van der Waals surface area contributed by atoms with Crippen LogP contribution < -0.4 is 4.74 Å². The number of hydrogen-bond donors (Lipinski definition) is 2. The molecule has 1 unspecified atom stereocenters. The van der Waals surface area contributed by atoms with E-state index in [0.717, 1.165) is 19.4 Å². The summed E-state index contributed by atoms with van der Waals surface area (Å²) in [4.78, 5) is 25.0. The second-order valence-corrected chi connectivity index (χ2v) is 8.44. The number of aromatic carboxylic acids is 1. The maximum Gasteiger partial charge on any atom is 0.360 e. The van der Waals surface area contributed by atoms with Crippen LogP contribution in [0.15, 0.2) is 54.7 Å². The van der Waals surface area contributed by atoms with E-state index in [1.807, 2.05) is 19.1 Å². The van der Waals surface area contributed by atoms with E-state index in [1.165, 1.54) is 28.6 Å². The van der Waals surface area contributed by atoms with Gasteiger partial charge in [0.05, 0.1) is 12.2 Å². The number of nitrogens with zero attached hydrogens (tertiary/aromatic N) is 2. The highest BCUT2D eigenvalue weighted by atomic mass is 16.5. The Morgan fingerprint density at radius 1 is 1.09 bits per heavy atom. The van der Waals surface area contributed by atoms with Crippen molar-refractivity contribution in [3.63, 3.8) is 0 Å². The lowest BCUT2D eigenvalue weighted by Gasteiger charge is -2.35. The number of likely N-dealkylation sites (tertiary alicyclic amines) is 1. The van der Waals surface area contributed by atoms with Gasteiger partial charge in [0.2, 0.25) is 0 Å². The highest BCUT2D eigenvalue weighted by molar-refractivity contribution is 5.88. The van der Waals surface area contributed by atoms with E-state index in [-0.39, 0.29) is 11.3 Å². The average Bonchev–Trinajstić information content (AvgIpc) is 3.21. The zero-order chi connectivity index (χ0) is 24.1. The molecular weight excluding hydrogens is 436 g/mol. The molecule has 0 saturated carbocycles. The molecule has 2 N–H and O–H groups in total. The van der Waals surface area contributed by atoms with Crippen molar-refractivity contribution >= 4 is 22.8 Å². The summed E-state index contributed by atoms with van der Waals surface area (Å²) in [6, 6.07) is 14.3. The lowest BCUT2D eigenvalue weighted by molar-refractivity contribution is -0.155. The third-order valence-corrected chi connectivity index (χ3v) is 6.34. The molecule has 1 aromatic heterocycles. The minimum atomic E-state index is -1.17. The molecule has 0 radical (unpaired) electrons. The molecule has 1 atom stereocenters. The molecule has 0 aliphatic carbocycles. The van der Waals surface area contributed by atoms with Crippen molar-refractivity contribution < 1.29 is 29.3 Å². The molecule has 0 spiro atoms. The number of hydrogen-bond acceptors (Lipinski definition) is 5. The van der Waals surface area contributed by atoms with Gasteiger partial charge in [-0.05, 0) is 55.5 Å². The van der Waals surface area contributed by atoms with Crippen molar-refractivity contribution in [2.45, 2.75) is 38.5 Å². The lowest BCUT2D eigenvalue weighted by atomic mass is 9.89. The van der Waals surface area contributed by atoms with Gasteiger partial charge in [-0.25, -0.2) is 9.59 Å². The van der Waals surface area contributed by atoms with Gasteiger partial charge in [-0.1, -0.05) is 24.3 Å². The number of aromatic nitrogens is 1. The van der Waals surface area contributed by atoms with Crippen molar-refractivity contribution in [3.05, 3.63) is 65.9 Å². The zero-order valence-electron chi connectivity index (χ0n) is 19.2. The van der Waals surface area contributed by atoms with Gasteiger partial charge in [0, 0.05) is 43.3 Å². The molecule has 0 amide bonds. The highest BCUT2D eigenvalue weighted by Gasteiger charge is 2.32. The Balaban J connectivity index is 1.47. The summed E-state index contributed by atoms with van der Waals surface area (Å²) in [5.41, 5.74) is 2.53. The summed E-state index contributed by atoms with van der Waals surface area (Å²) in [6.45, 7) is 5.27. The third kappa shape index (κ3) is 5.24. The first-order chi connectivity index (χ1) is 16.5. The number of carbonyl (C=O) groups is 2. The predicted molar refractivity (Wildman–Crippen MR) is 127 cm³/mol. The van der Waals surface area contributed by atoms with Crippen molar-refractivity contribution in [2.75, 3.05) is 26.3 Å². The van der Waals surface area contributed by atoms with Crippen LogP contribution in [-0.2, 0) is 16.1 Å². The summed E-state index contributed by atoms with van der Waals surface area (Å²) in [7, 11) is 0. The number of ether oxygens (including phenoxy) is 2. The zero-order valence-corrected chi connectivity index (χ0v) is 19.2. The second kappa shape index (κ2) is 10.7. The Labute approximate surface area is 198 Å². The largest absolute Gasteiger partial charge is 0.478 e. The van der Waals surface area contributed by atoms with E-state index in [9.17, 15) is 19.8 Å². The normalized spacial score (nSPS) is 15.9. The molecule has 0 bridgehead atoms. The summed E-state index contributed by atoms with van der Waals surface area (Å²) in [6.07, 6.45) is 2.66. The maximum atomic E-state index is 12.0. The number of benzene rings is 2. The van der Waals surface area contributed by atoms with Crippen LogP contribution in [0.4, 0.5) is 0 Å². The van der Waals surface area contributed by atoms with Crippen LogP contribution >= 0.6 is 0 Å². The van der Waals surface area contributed by atoms with Crippen molar-refractivity contribution in [1.82, 2.24) is 9.47 Å². The van der Waals surface area contributed by atoms with Crippen LogP contribution in [0.5, 0.6) is 5.75 Å². The first-order valence-corrected chi connectivity index (χ1v) is 11.6. The molecule has 8 nitrogen and oxygen atoms in total. The first-order valence-electron chi connectivity index (χ1n) is 11.6. The Kier molecular flexibility index (Phi) is 7.49. The molecule has 1 fully saturated rings. The number of fused-ring (bicyclic) bond motifs is 1. The fourth-order valence-electron chi connectivity index (χ4n) is 4.65. The fourth-order valence-corrected chi connectivity index (χ4v) is 4.65. The fraction of sp³-hybridized carbons (Fsp3) is 0.385. The molecule has 8 heteroatoms.